The van der Waals surface area contributed by atoms with E-state index in [0.29, 0.717) is 24.8 Å². The van der Waals surface area contributed by atoms with E-state index in [9.17, 15) is 4.79 Å². The Morgan fingerprint density at radius 2 is 1.84 bits per heavy atom. The lowest BCUT2D eigenvalue weighted by Gasteiger charge is -2.08. The fourth-order valence-corrected chi connectivity index (χ4v) is 3.53. The van der Waals surface area contributed by atoms with Crippen LogP contribution in [0, 0.1) is 6.92 Å². The zero-order valence-electron chi connectivity index (χ0n) is 17.9. The summed E-state index contributed by atoms with van der Waals surface area (Å²) < 4.78 is 5.26. The number of hydrogen-bond donors (Lipinski definition) is 3. The number of fused-ring (bicyclic) bond motifs is 1. The molecule has 2 amide bonds. The summed E-state index contributed by atoms with van der Waals surface area (Å²) in [5, 5.41) is 11.0. The molecule has 2 heterocycles. The molecule has 0 atom stereocenters. The summed E-state index contributed by atoms with van der Waals surface area (Å²) in [6, 6.07) is 14.2. The van der Waals surface area contributed by atoms with Crippen molar-refractivity contribution in [2.75, 3.05) is 13.1 Å². The van der Waals surface area contributed by atoms with Crippen LogP contribution in [-0.2, 0) is 19.3 Å². The van der Waals surface area contributed by atoms with Crippen molar-refractivity contribution in [1.82, 2.24) is 25.8 Å². The molecule has 2 aromatic carbocycles. The van der Waals surface area contributed by atoms with E-state index < -0.39 is 0 Å². The van der Waals surface area contributed by atoms with E-state index in [-0.39, 0.29) is 6.03 Å². The first-order valence-electron chi connectivity index (χ1n) is 10.6. The lowest BCUT2D eigenvalue weighted by Crippen LogP contribution is -2.37. The van der Waals surface area contributed by atoms with Gasteiger partial charge in [-0.1, -0.05) is 36.3 Å². The molecule has 0 aliphatic carbocycles. The highest BCUT2D eigenvalue weighted by Gasteiger charge is 2.08. The molecule has 0 saturated carbocycles. The molecular weight excluding hydrogens is 390 g/mol. The molecule has 4 rings (SSSR count). The van der Waals surface area contributed by atoms with E-state index in [1.165, 1.54) is 16.5 Å². The van der Waals surface area contributed by atoms with Gasteiger partial charge in [-0.15, -0.1) is 0 Å². The number of carbonyl (C=O) groups is 1. The molecule has 7 heteroatoms. The molecule has 0 spiro atoms. The second kappa shape index (κ2) is 9.47. The van der Waals surface area contributed by atoms with Gasteiger partial charge in [0, 0.05) is 42.2 Å². The van der Waals surface area contributed by atoms with Crippen LogP contribution in [0.3, 0.4) is 0 Å². The summed E-state index contributed by atoms with van der Waals surface area (Å²) in [5.41, 5.74) is 5.61. The lowest BCUT2D eigenvalue weighted by atomic mass is 10.1. The zero-order valence-corrected chi connectivity index (χ0v) is 17.9. The normalized spacial score (nSPS) is 11.0. The SMILES string of the molecule is CCc1noc(-c2ccc(CCNC(=O)NCCc3c[nH]c4cc(C)ccc34)cc2)n1. The Balaban J connectivity index is 1.19. The van der Waals surface area contributed by atoms with E-state index in [2.05, 4.69) is 50.9 Å². The highest BCUT2D eigenvalue weighted by molar-refractivity contribution is 5.84. The second-order valence-electron chi connectivity index (χ2n) is 7.61. The molecule has 0 fully saturated rings. The van der Waals surface area contributed by atoms with Gasteiger partial charge in [-0.2, -0.15) is 4.98 Å². The number of nitrogens with one attached hydrogen (secondary N) is 3. The second-order valence-corrected chi connectivity index (χ2v) is 7.61. The largest absolute Gasteiger partial charge is 0.361 e. The molecular formula is C24H27N5O2. The van der Waals surface area contributed by atoms with Crippen LogP contribution in [0.25, 0.3) is 22.4 Å². The smallest absolute Gasteiger partial charge is 0.314 e. The number of amides is 2. The van der Waals surface area contributed by atoms with Crippen molar-refractivity contribution in [2.45, 2.75) is 33.1 Å². The number of aromatic amines is 1. The van der Waals surface area contributed by atoms with Gasteiger partial charge in [0.15, 0.2) is 5.82 Å². The Labute approximate surface area is 181 Å². The minimum absolute atomic E-state index is 0.148. The predicted molar refractivity (Wildman–Crippen MR) is 121 cm³/mol. The summed E-state index contributed by atoms with van der Waals surface area (Å²) >= 11 is 0. The molecule has 3 N–H and O–H groups in total. The van der Waals surface area contributed by atoms with Gasteiger partial charge >= 0.3 is 6.03 Å². The Bertz CT molecular complexity index is 1160. The van der Waals surface area contributed by atoms with Crippen molar-refractivity contribution in [3.63, 3.8) is 0 Å². The Morgan fingerprint density at radius 3 is 2.58 bits per heavy atom. The van der Waals surface area contributed by atoms with Crippen molar-refractivity contribution < 1.29 is 9.32 Å². The van der Waals surface area contributed by atoms with Crippen molar-refractivity contribution in [3.8, 4) is 11.5 Å². The number of H-pyrrole nitrogens is 1. The maximum Gasteiger partial charge on any atom is 0.314 e. The van der Waals surface area contributed by atoms with Crippen molar-refractivity contribution >= 4 is 16.9 Å². The average Bonchev–Trinajstić information content (AvgIpc) is 3.41. The molecule has 0 aliphatic rings. The van der Waals surface area contributed by atoms with Crippen LogP contribution in [0.5, 0.6) is 0 Å². The van der Waals surface area contributed by atoms with Crippen molar-refractivity contribution in [3.05, 3.63) is 71.2 Å². The molecule has 4 aromatic rings. The molecule has 0 saturated heterocycles. The number of benzene rings is 2. The molecule has 31 heavy (non-hydrogen) atoms. The van der Waals surface area contributed by atoms with Gasteiger partial charge in [-0.05, 0) is 54.7 Å². The predicted octanol–water partition coefficient (Wildman–Crippen LogP) is 4.17. The quantitative estimate of drug-likeness (QED) is 0.401. The van der Waals surface area contributed by atoms with Crippen LogP contribution in [0.15, 0.2) is 53.2 Å². The van der Waals surface area contributed by atoms with Gasteiger partial charge in [0.2, 0.25) is 0 Å². The van der Waals surface area contributed by atoms with Crippen molar-refractivity contribution in [2.24, 2.45) is 0 Å². The lowest BCUT2D eigenvalue weighted by molar-refractivity contribution is 0.241. The summed E-state index contributed by atoms with van der Waals surface area (Å²) in [5.74, 6) is 1.24. The van der Waals surface area contributed by atoms with Gasteiger partial charge in [0.25, 0.3) is 5.89 Å². The zero-order chi connectivity index (χ0) is 21.6. The van der Waals surface area contributed by atoms with Gasteiger partial charge in [-0.25, -0.2) is 4.79 Å². The number of hydrogen-bond acceptors (Lipinski definition) is 4. The minimum atomic E-state index is -0.148. The number of aromatic nitrogens is 3. The van der Waals surface area contributed by atoms with E-state index >= 15 is 0 Å². The summed E-state index contributed by atoms with van der Waals surface area (Å²) in [7, 11) is 0. The molecule has 160 valence electrons. The Hall–Kier alpha value is -3.61. The van der Waals surface area contributed by atoms with Crippen LogP contribution in [-0.4, -0.2) is 34.2 Å². The first-order valence-corrected chi connectivity index (χ1v) is 10.6. The van der Waals surface area contributed by atoms with Gasteiger partial charge in [0.1, 0.15) is 0 Å². The third-order valence-electron chi connectivity index (χ3n) is 5.29. The van der Waals surface area contributed by atoms with E-state index in [1.54, 1.807) is 0 Å². The standard InChI is InChI=1S/C24H27N5O2/c1-3-22-28-23(31-29-22)18-7-5-17(6-8-18)10-12-25-24(30)26-13-11-19-15-27-21-14-16(2)4-9-20(19)21/h4-9,14-15,27H,3,10-13H2,1-2H3,(H2,25,26,30). The first-order chi connectivity index (χ1) is 15.1. The molecule has 0 unspecified atom stereocenters. The summed E-state index contributed by atoms with van der Waals surface area (Å²) in [6.07, 6.45) is 4.30. The number of nitrogens with zero attached hydrogens (tertiary/aromatic N) is 2. The van der Waals surface area contributed by atoms with Gasteiger partial charge in [0.05, 0.1) is 0 Å². The third kappa shape index (κ3) is 5.12. The van der Waals surface area contributed by atoms with Crippen LogP contribution >= 0.6 is 0 Å². The van der Waals surface area contributed by atoms with E-state index in [1.807, 2.05) is 37.4 Å². The summed E-state index contributed by atoms with van der Waals surface area (Å²) in [6.45, 7) is 5.23. The van der Waals surface area contributed by atoms with Crippen LogP contribution in [0.2, 0.25) is 0 Å². The Morgan fingerprint density at radius 1 is 1.06 bits per heavy atom. The Kier molecular flexibility index (Phi) is 6.31. The minimum Gasteiger partial charge on any atom is -0.361 e. The molecule has 0 bridgehead atoms. The monoisotopic (exact) mass is 417 g/mol. The number of carbonyl (C=O) groups excluding carboxylic acids is 1. The van der Waals surface area contributed by atoms with Gasteiger partial charge in [-0.3, -0.25) is 0 Å². The van der Waals surface area contributed by atoms with E-state index in [0.717, 1.165) is 35.9 Å². The van der Waals surface area contributed by atoms with E-state index in [4.69, 9.17) is 4.52 Å². The third-order valence-corrected chi connectivity index (χ3v) is 5.29. The van der Waals surface area contributed by atoms with Crippen LogP contribution in [0.4, 0.5) is 4.79 Å². The number of urea groups is 1. The maximum absolute atomic E-state index is 12.1. The van der Waals surface area contributed by atoms with Crippen LogP contribution < -0.4 is 10.6 Å². The number of aryl methyl sites for hydroxylation is 2. The fraction of sp³-hybridized carbons (Fsp3) is 0.292. The topological polar surface area (TPSA) is 95.8 Å². The molecule has 0 radical (unpaired) electrons. The first kappa shape index (κ1) is 20.7. The molecule has 2 aromatic heterocycles. The fourth-order valence-electron chi connectivity index (χ4n) is 3.53. The van der Waals surface area contributed by atoms with Gasteiger partial charge < -0.3 is 20.1 Å². The number of rotatable bonds is 8. The molecule has 0 aliphatic heterocycles. The summed E-state index contributed by atoms with van der Waals surface area (Å²) in [4.78, 5) is 19.7. The highest BCUT2D eigenvalue weighted by Crippen LogP contribution is 2.20. The highest BCUT2D eigenvalue weighted by atomic mass is 16.5. The molecule has 7 nitrogen and oxygen atoms in total. The average molecular weight is 418 g/mol. The van der Waals surface area contributed by atoms with Crippen molar-refractivity contribution in [1.29, 1.82) is 0 Å². The van der Waals surface area contributed by atoms with Crippen LogP contribution in [0.1, 0.15) is 29.4 Å². The maximum atomic E-state index is 12.1.